The molecule has 0 N–H and O–H groups in total. The second kappa shape index (κ2) is 5.79. The molecule has 21 heavy (non-hydrogen) atoms. The number of anilines is 1. The minimum absolute atomic E-state index is 0.120. The van der Waals surface area contributed by atoms with Crippen LogP contribution in [-0.2, 0) is 6.54 Å². The number of halogens is 2. The Bertz CT molecular complexity index is 779. The minimum atomic E-state index is 0.120. The summed E-state index contributed by atoms with van der Waals surface area (Å²) in [6.07, 6.45) is 1.39. The van der Waals surface area contributed by atoms with E-state index in [0.29, 0.717) is 23.4 Å². The summed E-state index contributed by atoms with van der Waals surface area (Å²) in [4.78, 5) is 18.5. The summed E-state index contributed by atoms with van der Waals surface area (Å²) in [6.45, 7) is 0.672. The molecule has 0 aliphatic carbocycles. The van der Waals surface area contributed by atoms with Gasteiger partial charge in [-0.2, -0.15) is 4.98 Å². The summed E-state index contributed by atoms with van der Waals surface area (Å²) in [5.41, 5.74) is 2.19. The fourth-order valence-corrected chi connectivity index (χ4v) is 2.42. The van der Waals surface area contributed by atoms with Gasteiger partial charge in [0.05, 0.1) is 0 Å². The Morgan fingerprint density at radius 3 is 2.52 bits per heavy atom. The van der Waals surface area contributed by atoms with E-state index in [2.05, 4.69) is 19.9 Å². The normalized spacial score (nSPS) is 10.8. The van der Waals surface area contributed by atoms with Crippen molar-refractivity contribution in [2.45, 2.75) is 6.54 Å². The zero-order chi connectivity index (χ0) is 14.8. The van der Waals surface area contributed by atoms with Gasteiger partial charge in [0.25, 0.3) is 0 Å². The van der Waals surface area contributed by atoms with Gasteiger partial charge in [0.1, 0.15) is 17.4 Å². The third-order valence-electron chi connectivity index (χ3n) is 3.02. The van der Waals surface area contributed by atoms with Gasteiger partial charge in [0.2, 0.25) is 5.28 Å². The van der Waals surface area contributed by atoms with Crippen LogP contribution in [0.25, 0.3) is 11.0 Å². The first kappa shape index (κ1) is 14.0. The van der Waals surface area contributed by atoms with Crippen molar-refractivity contribution in [3.8, 4) is 0 Å². The van der Waals surface area contributed by atoms with Crippen molar-refractivity contribution < 1.29 is 0 Å². The first-order chi connectivity index (χ1) is 10.1. The molecule has 0 aliphatic heterocycles. The highest BCUT2D eigenvalue weighted by molar-refractivity contribution is 6.34. The van der Waals surface area contributed by atoms with Crippen molar-refractivity contribution in [3.63, 3.8) is 0 Å². The van der Waals surface area contributed by atoms with Crippen molar-refractivity contribution in [2.75, 3.05) is 11.9 Å². The molecule has 1 aromatic carbocycles. The number of hydrogen-bond acceptors (Lipinski definition) is 5. The van der Waals surface area contributed by atoms with Crippen molar-refractivity contribution in [3.05, 3.63) is 52.7 Å². The molecule has 3 rings (SSSR count). The maximum Gasteiger partial charge on any atom is 0.225 e. The molecule has 106 valence electrons. The number of hydrogen-bond donors (Lipinski definition) is 0. The standard InChI is InChI=1S/C14H11Cl2N5/c1-21(7-9-5-3-2-4-6-9)13-11-10(19-14(16)20-13)12(15)18-8-17-11/h2-6,8H,7H2,1H3. The summed E-state index contributed by atoms with van der Waals surface area (Å²) in [5.74, 6) is 0.623. The molecule has 0 aliphatic rings. The topological polar surface area (TPSA) is 54.8 Å². The van der Waals surface area contributed by atoms with Gasteiger partial charge in [-0.15, -0.1) is 0 Å². The third kappa shape index (κ3) is 2.89. The SMILES string of the molecule is CN(Cc1ccccc1)c1nc(Cl)nc2c(Cl)ncnc12. The molecule has 5 nitrogen and oxygen atoms in total. The first-order valence-electron chi connectivity index (χ1n) is 6.24. The molecule has 2 aromatic heterocycles. The highest BCUT2D eigenvalue weighted by atomic mass is 35.5. The monoisotopic (exact) mass is 319 g/mol. The number of aromatic nitrogens is 4. The van der Waals surface area contributed by atoms with E-state index in [1.807, 2.05) is 42.3 Å². The molecule has 3 aromatic rings. The number of fused-ring (bicyclic) bond motifs is 1. The molecule has 7 heteroatoms. The van der Waals surface area contributed by atoms with Crippen molar-refractivity contribution in [1.29, 1.82) is 0 Å². The summed E-state index contributed by atoms with van der Waals surface area (Å²) >= 11 is 12.0. The van der Waals surface area contributed by atoms with Crippen LogP contribution in [-0.4, -0.2) is 27.0 Å². The maximum absolute atomic E-state index is 6.05. The summed E-state index contributed by atoms with van der Waals surface area (Å²) in [5, 5.41) is 0.382. The lowest BCUT2D eigenvalue weighted by Gasteiger charge is -2.19. The largest absolute Gasteiger partial charge is 0.353 e. The number of benzene rings is 1. The van der Waals surface area contributed by atoms with Crippen LogP contribution < -0.4 is 4.90 Å². The summed E-state index contributed by atoms with van der Waals surface area (Å²) < 4.78 is 0. The van der Waals surface area contributed by atoms with E-state index in [4.69, 9.17) is 23.2 Å². The zero-order valence-electron chi connectivity index (χ0n) is 11.2. The lowest BCUT2D eigenvalue weighted by molar-refractivity contribution is 0.896. The van der Waals surface area contributed by atoms with Crippen LogP contribution >= 0.6 is 23.2 Å². The molecule has 0 unspecified atom stereocenters. The first-order valence-corrected chi connectivity index (χ1v) is 6.99. The molecule has 0 spiro atoms. The Balaban J connectivity index is 2.05. The molecule has 0 saturated heterocycles. The van der Waals surface area contributed by atoms with Gasteiger partial charge >= 0.3 is 0 Å². The van der Waals surface area contributed by atoms with Crippen molar-refractivity contribution in [2.24, 2.45) is 0 Å². The average Bonchev–Trinajstić information content (AvgIpc) is 2.48. The second-order valence-electron chi connectivity index (χ2n) is 4.52. The van der Waals surface area contributed by atoms with Crippen LogP contribution in [0.3, 0.4) is 0 Å². The van der Waals surface area contributed by atoms with Crippen molar-refractivity contribution >= 4 is 40.1 Å². The smallest absolute Gasteiger partial charge is 0.225 e. The quantitative estimate of drug-likeness (QED) is 0.547. The van der Waals surface area contributed by atoms with E-state index < -0.39 is 0 Å². The molecule has 0 amide bonds. The summed E-state index contributed by atoms with van der Waals surface area (Å²) in [6, 6.07) is 10.1. The van der Waals surface area contributed by atoms with E-state index in [1.54, 1.807) is 0 Å². The van der Waals surface area contributed by atoms with Crippen LogP contribution in [0.15, 0.2) is 36.7 Å². The van der Waals surface area contributed by atoms with Gasteiger partial charge < -0.3 is 4.90 Å². The Morgan fingerprint density at radius 1 is 1.00 bits per heavy atom. The second-order valence-corrected chi connectivity index (χ2v) is 5.22. The van der Waals surface area contributed by atoms with Gasteiger partial charge in [-0.25, -0.2) is 15.0 Å². The van der Waals surface area contributed by atoms with Gasteiger partial charge in [-0.1, -0.05) is 41.9 Å². The van der Waals surface area contributed by atoms with E-state index in [9.17, 15) is 0 Å². The van der Waals surface area contributed by atoms with Crippen LogP contribution in [0.1, 0.15) is 5.56 Å². The average molecular weight is 320 g/mol. The molecule has 0 bridgehead atoms. The fourth-order valence-electron chi connectivity index (χ4n) is 2.08. The zero-order valence-corrected chi connectivity index (χ0v) is 12.7. The number of nitrogens with zero attached hydrogens (tertiary/aromatic N) is 5. The van der Waals surface area contributed by atoms with Crippen LogP contribution in [0.5, 0.6) is 0 Å². The van der Waals surface area contributed by atoms with E-state index >= 15 is 0 Å². The number of rotatable bonds is 3. The Morgan fingerprint density at radius 2 is 1.76 bits per heavy atom. The predicted octanol–water partition coefficient (Wildman–Crippen LogP) is 3.36. The van der Waals surface area contributed by atoms with Crippen LogP contribution in [0.2, 0.25) is 10.4 Å². The third-order valence-corrected chi connectivity index (χ3v) is 3.46. The van der Waals surface area contributed by atoms with Gasteiger partial charge in [-0.05, 0) is 17.2 Å². The van der Waals surface area contributed by atoms with E-state index in [-0.39, 0.29) is 10.4 Å². The summed E-state index contributed by atoms with van der Waals surface area (Å²) in [7, 11) is 1.92. The molecule has 0 atom stereocenters. The fraction of sp³-hybridized carbons (Fsp3) is 0.143. The van der Waals surface area contributed by atoms with Crippen LogP contribution in [0.4, 0.5) is 5.82 Å². The predicted molar refractivity (Wildman–Crippen MR) is 83.7 cm³/mol. The van der Waals surface area contributed by atoms with Crippen molar-refractivity contribution in [1.82, 2.24) is 19.9 Å². The highest BCUT2D eigenvalue weighted by Crippen LogP contribution is 2.26. The van der Waals surface area contributed by atoms with Gasteiger partial charge in [0.15, 0.2) is 11.0 Å². The Labute approximate surface area is 131 Å². The molecule has 0 saturated carbocycles. The minimum Gasteiger partial charge on any atom is -0.353 e. The van der Waals surface area contributed by atoms with Gasteiger partial charge in [-0.3, -0.25) is 0 Å². The van der Waals surface area contributed by atoms with E-state index in [1.165, 1.54) is 6.33 Å². The maximum atomic E-state index is 6.05. The molecular weight excluding hydrogens is 309 g/mol. The van der Waals surface area contributed by atoms with Gasteiger partial charge in [0, 0.05) is 13.6 Å². The molecule has 0 fully saturated rings. The lowest BCUT2D eigenvalue weighted by atomic mass is 10.2. The molecule has 0 radical (unpaired) electrons. The molecular formula is C14H11Cl2N5. The van der Waals surface area contributed by atoms with Crippen LogP contribution in [0, 0.1) is 0 Å². The molecule has 2 heterocycles. The Hall–Kier alpha value is -1.98. The van der Waals surface area contributed by atoms with E-state index in [0.717, 1.165) is 5.56 Å². The lowest BCUT2D eigenvalue weighted by Crippen LogP contribution is -2.19. The highest BCUT2D eigenvalue weighted by Gasteiger charge is 2.15. The Kier molecular flexibility index (Phi) is 3.86.